The first kappa shape index (κ1) is 27.1. The molecule has 0 radical (unpaired) electrons. The van der Waals surface area contributed by atoms with Crippen LogP contribution in [0.3, 0.4) is 0 Å². The van der Waals surface area contributed by atoms with Gasteiger partial charge in [0.1, 0.15) is 11.6 Å². The molecule has 5 rings (SSSR count). The summed E-state index contributed by atoms with van der Waals surface area (Å²) in [6.07, 6.45) is 0.525. The molecule has 202 valence electrons. The largest absolute Gasteiger partial charge is 0.497 e. The summed E-state index contributed by atoms with van der Waals surface area (Å²) in [5.41, 5.74) is 2.64. The Labute approximate surface area is 241 Å². The highest BCUT2D eigenvalue weighted by atomic mass is 79.9. The summed E-state index contributed by atoms with van der Waals surface area (Å²) in [4.78, 5) is 34.7. The van der Waals surface area contributed by atoms with Crippen molar-refractivity contribution >= 4 is 38.6 Å². The summed E-state index contributed by atoms with van der Waals surface area (Å²) in [5.74, 6) is 1.16. The number of rotatable bonds is 8. The van der Waals surface area contributed by atoms with Crippen LogP contribution in [0.1, 0.15) is 30.8 Å². The number of fused-ring (bicyclic) bond motifs is 1. The zero-order valence-corrected chi connectivity index (χ0v) is 23.8. The van der Waals surface area contributed by atoms with E-state index in [1.165, 1.54) is 0 Å². The normalized spacial score (nSPS) is 11.7. The molecule has 8 heteroatoms. The van der Waals surface area contributed by atoms with E-state index < -0.39 is 6.04 Å². The number of methoxy groups -OCH3 is 1. The molecule has 1 N–H and O–H groups in total. The Kier molecular flexibility index (Phi) is 8.26. The van der Waals surface area contributed by atoms with Crippen molar-refractivity contribution < 1.29 is 9.53 Å². The Morgan fingerprint density at radius 1 is 0.950 bits per heavy atom. The molecule has 0 bridgehead atoms. The topological polar surface area (TPSA) is 76.5 Å². The van der Waals surface area contributed by atoms with Crippen molar-refractivity contribution in [2.24, 2.45) is 0 Å². The van der Waals surface area contributed by atoms with Gasteiger partial charge in [-0.1, -0.05) is 61.5 Å². The Morgan fingerprint density at radius 3 is 2.33 bits per heavy atom. The second-order valence-corrected chi connectivity index (χ2v) is 10.1. The molecule has 7 nitrogen and oxygen atoms in total. The van der Waals surface area contributed by atoms with Gasteiger partial charge in [0.15, 0.2) is 0 Å². The summed E-state index contributed by atoms with van der Waals surface area (Å²) < 4.78 is 7.72. The monoisotopic (exact) mass is 596 g/mol. The van der Waals surface area contributed by atoms with Crippen LogP contribution in [-0.4, -0.2) is 27.6 Å². The predicted octanol–water partition coefficient (Wildman–Crippen LogP) is 7.34. The Hall–Kier alpha value is -4.43. The average Bonchev–Trinajstić information content (AvgIpc) is 2.99. The molecule has 4 aromatic carbocycles. The molecule has 2 amide bonds. The van der Waals surface area contributed by atoms with Gasteiger partial charge in [-0.2, -0.15) is 0 Å². The fourth-order valence-corrected chi connectivity index (χ4v) is 5.13. The van der Waals surface area contributed by atoms with E-state index in [1.807, 2.05) is 104 Å². The molecule has 0 saturated carbocycles. The van der Waals surface area contributed by atoms with Crippen molar-refractivity contribution in [1.29, 1.82) is 0 Å². The fraction of sp³-hybridized carbons (Fsp3) is 0.156. The van der Waals surface area contributed by atoms with Gasteiger partial charge >= 0.3 is 6.03 Å². The first-order valence-electron chi connectivity index (χ1n) is 13.0. The molecule has 0 fully saturated rings. The third kappa shape index (κ3) is 5.62. The van der Waals surface area contributed by atoms with Crippen LogP contribution < -0.4 is 15.6 Å². The molecule has 1 aromatic heterocycles. The number of hydrogen-bond donors (Lipinski definition) is 1. The number of nitrogens with zero attached hydrogens (tertiary/aromatic N) is 3. The average molecular weight is 598 g/mol. The van der Waals surface area contributed by atoms with E-state index in [2.05, 4.69) is 21.2 Å². The highest BCUT2D eigenvalue weighted by Crippen LogP contribution is 2.30. The number of amides is 2. The summed E-state index contributed by atoms with van der Waals surface area (Å²) in [5, 5.41) is 3.55. The predicted molar refractivity (Wildman–Crippen MR) is 162 cm³/mol. The number of urea groups is 1. The van der Waals surface area contributed by atoms with E-state index in [1.54, 1.807) is 22.6 Å². The zero-order valence-electron chi connectivity index (χ0n) is 22.3. The molecule has 0 saturated heterocycles. The first-order chi connectivity index (χ1) is 19.5. The van der Waals surface area contributed by atoms with Gasteiger partial charge in [-0.3, -0.25) is 9.36 Å². The van der Waals surface area contributed by atoms with E-state index >= 15 is 0 Å². The zero-order chi connectivity index (χ0) is 28.1. The van der Waals surface area contributed by atoms with Gasteiger partial charge in [0.2, 0.25) is 0 Å². The third-order valence-electron chi connectivity index (χ3n) is 6.77. The van der Waals surface area contributed by atoms with Gasteiger partial charge in [-0.05, 0) is 76.4 Å². The number of para-hydroxylation sites is 2. The van der Waals surface area contributed by atoms with E-state index in [9.17, 15) is 9.59 Å². The van der Waals surface area contributed by atoms with Crippen molar-refractivity contribution in [3.63, 3.8) is 0 Å². The number of anilines is 1. The van der Waals surface area contributed by atoms with Crippen LogP contribution in [0.5, 0.6) is 5.75 Å². The van der Waals surface area contributed by atoms with Gasteiger partial charge in [0, 0.05) is 11.0 Å². The maximum atomic E-state index is 14.0. The third-order valence-corrected chi connectivity index (χ3v) is 7.46. The number of benzene rings is 4. The number of carbonyl (C=O) groups excluding carboxylic acids is 1. The molecule has 1 heterocycles. The standard InChI is InChI=1S/C32H29BrN4O3/c1-3-29(36(21-22-11-5-4-6-12-22)32(39)35-28-16-10-8-14-26(28)33)30-34-27-15-9-7-13-25(27)31(38)37(30)23-17-19-24(40-2)20-18-23/h4-20,29H,3,21H2,1-2H3,(H,35,39). The second-order valence-electron chi connectivity index (χ2n) is 9.27. The molecule has 0 aliphatic rings. The lowest BCUT2D eigenvalue weighted by molar-refractivity contribution is 0.177. The number of nitrogens with one attached hydrogen (secondary N) is 1. The summed E-state index contributed by atoms with van der Waals surface area (Å²) in [7, 11) is 1.60. The molecule has 1 atom stereocenters. The molecule has 0 aliphatic carbocycles. The van der Waals surface area contributed by atoms with E-state index in [-0.39, 0.29) is 11.6 Å². The smallest absolute Gasteiger partial charge is 0.322 e. The van der Waals surface area contributed by atoms with Crippen LogP contribution in [-0.2, 0) is 6.54 Å². The summed E-state index contributed by atoms with van der Waals surface area (Å²) in [6.45, 7) is 2.31. The first-order valence-corrected chi connectivity index (χ1v) is 13.8. The number of halogens is 1. The Balaban J connectivity index is 1.68. The number of aromatic nitrogens is 2. The van der Waals surface area contributed by atoms with Crippen molar-refractivity contribution in [3.05, 3.63) is 129 Å². The minimum atomic E-state index is -0.526. The Morgan fingerprint density at radius 2 is 1.62 bits per heavy atom. The molecule has 5 aromatic rings. The molecule has 0 aliphatic heterocycles. The van der Waals surface area contributed by atoms with Crippen molar-refractivity contribution in [1.82, 2.24) is 14.5 Å². The van der Waals surface area contributed by atoms with Crippen LogP contribution in [0.25, 0.3) is 16.6 Å². The molecular weight excluding hydrogens is 568 g/mol. The van der Waals surface area contributed by atoms with Gasteiger partial charge in [0.25, 0.3) is 5.56 Å². The van der Waals surface area contributed by atoms with Crippen molar-refractivity contribution in [2.75, 3.05) is 12.4 Å². The minimum absolute atomic E-state index is 0.199. The summed E-state index contributed by atoms with van der Waals surface area (Å²) >= 11 is 3.53. The molecule has 1 unspecified atom stereocenters. The highest BCUT2D eigenvalue weighted by molar-refractivity contribution is 9.10. The lowest BCUT2D eigenvalue weighted by Gasteiger charge is -2.32. The Bertz CT molecular complexity index is 1690. The maximum absolute atomic E-state index is 14.0. The SMILES string of the molecule is CCC(c1nc2ccccc2c(=O)n1-c1ccc(OC)cc1)N(Cc1ccccc1)C(=O)Nc1ccccc1Br. The number of ether oxygens (including phenoxy) is 1. The number of carbonyl (C=O) groups is 1. The van der Waals surface area contributed by atoms with Gasteiger partial charge in [-0.25, -0.2) is 9.78 Å². The minimum Gasteiger partial charge on any atom is -0.497 e. The lowest BCUT2D eigenvalue weighted by Crippen LogP contribution is -2.40. The molecule has 0 spiro atoms. The van der Waals surface area contributed by atoms with E-state index in [0.717, 1.165) is 10.0 Å². The quantitative estimate of drug-likeness (QED) is 0.203. The van der Waals surface area contributed by atoms with Crippen molar-refractivity contribution in [3.8, 4) is 11.4 Å². The van der Waals surface area contributed by atoms with E-state index in [4.69, 9.17) is 9.72 Å². The maximum Gasteiger partial charge on any atom is 0.322 e. The van der Waals surface area contributed by atoms with Crippen LogP contribution in [0.2, 0.25) is 0 Å². The molecule has 40 heavy (non-hydrogen) atoms. The number of hydrogen-bond acceptors (Lipinski definition) is 4. The van der Waals surface area contributed by atoms with Gasteiger partial charge < -0.3 is 15.0 Å². The summed E-state index contributed by atoms with van der Waals surface area (Å²) in [6, 6.07) is 31.0. The van der Waals surface area contributed by atoms with Crippen LogP contribution in [0.15, 0.2) is 112 Å². The van der Waals surface area contributed by atoms with E-state index in [0.29, 0.717) is 46.8 Å². The second kappa shape index (κ2) is 12.2. The van der Waals surface area contributed by atoms with Crippen molar-refractivity contribution in [2.45, 2.75) is 25.9 Å². The van der Waals surface area contributed by atoms with Crippen LogP contribution in [0.4, 0.5) is 10.5 Å². The molecular formula is C32H29BrN4O3. The van der Waals surface area contributed by atoms with Crippen LogP contribution in [0, 0.1) is 0 Å². The van der Waals surface area contributed by atoms with Gasteiger partial charge in [0.05, 0.1) is 35.4 Å². The highest BCUT2D eigenvalue weighted by Gasteiger charge is 2.30. The fourth-order valence-electron chi connectivity index (χ4n) is 4.75. The van der Waals surface area contributed by atoms with Gasteiger partial charge in [-0.15, -0.1) is 0 Å². The lowest BCUT2D eigenvalue weighted by atomic mass is 10.1. The van der Waals surface area contributed by atoms with Crippen LogP contribution >= 0.6 is 15.9 Å².